The quantitative estimate of drug-likeness (QED) is 0.623. The lowest BCUT2D eigenvalue weighted by molar-refractivity contribution is 0.171. The summed E-state index contributed by atoms with van der Waals surface area (Å²) in [6.45, 7) is 1.61. The summed E-state index contributed by atoms with van der Waals surface area (Å²) in [5.74, 6) is 2.30. The first-order valence-electron chi connectivity index (χ1n) is 8.66. The molecule has 1 aliphatic rings. The Morgan fingerprint density at radius 1 is 1.11 bits per heavy atom. The number of ether oxygens (including phenoxy) is 3. The van der Waals surface area contributed by atoms with E-state index in [1.807, 2.05) is 52.4 Å². The molecule has 0 fully saturated rings. The third kappa shape index (κ3) is 4.24. The van der Waals surface area contributed by atoms with E-state index in [1.54, 1.807) is 7.11 Å². The normalized spacial score (nSPS) is 13.1. The van der Waals surface area contributed by atoms with Crippen molar-refractivity contribution in [3.63, 3.8) is 0 Å². The maximum atomic E-state index is 9.54. The molecular formula is C20H21BrN2O4S. The highest BCUT2D eigenvalue weighted by atomic mass is 79.9. The number of nitrogens with zero attached hydrogens (tertiary/aromatic N) is 2. The summed E-state index contributed by atoms with van der Waals surface area (Å²) in [5.41, 5.74) is 2.82. The van der Waals surface area contributed by atoms with E-state index in [0.717, 1.165) is 39.0 Å². The van der Waals surface area contributed by atoms with Crippen molar-refractivity contribution >= 4 is 34.0 Å². The molecule has 0 saturated carbocycles. The zero-order valence-corrected chi connectivity index (χ0v) is 17.9. The standard InChI is InChI=1S/C20H20N2O4S.BrH/c1-24-16-5-3-15(4-6-16)21-20-22(8-9-23)17(13-27-20)14-2-7-18-19(12-14)26-11-10-25-18;/h2-7,12-13,23H,8-11H2,1H3;1H. The second kappa shape index (κ2) is 9.27. The Kier molecular flexibility index (Phi) is 6.77. The number of aliphatic hydroxyl groups excluding tert-OH is 1. The molecule has 6 nitrogen and oxygen atoms in total. The number of benzene rings is 2. The molecule has 28 heavy (non-hydrogen) atoms. The van der Waals surface area contributed by atoms with Crippen LogP contribution in [0.4, 0.5) is 5.69 Å². The van der Waals surface area contributed by atoms with Crippen LogP contribution in [0.3, 0.4) is 0 Å². The number of thiazole rings is 1. The number of methoxy groups -OCH3 is 1. The molecule has 148 valence electrons. The topological polar surface area (TPSA) is 65.2 Å². The minimum Gasteiger partial charge on any atom is -0.497 e. The summed E-state index contributed by atoms with van der Waals surface area (Å²) in [6.07, 6.45) is 0. The number of hydrogen-bond acceptors (Lipinski definition) is 6. The second-order valence-electron chi connectivity index (χ2n) is 5.95. The Morgan fingerprint density at radius 3 is 2.57 bits per heavy atom. The highest BCUT2D eigenvalue weighted by Gasteiger charge is 2.15. The number of rotatable bonds is 5. The van der Waals surface area contributed by atoms with E-state index in [4.69, 9.17) is 19.2 Å². The van der Waals surface area contributed by atoms with Gasteiger partial charge >= 0.3 is 0 Å². The average Bonchev–Trinajstić information content (AvgIpc) is 3.11. The first-order valence-corrected chi connectivity index (χ1v) is 9.54. The van der Waals surface area contributed by atoms with Gasteiger partial charge in [-0.15, -0.1) is 28.3 Å². The first kappa shape index (κ1) is 20.4. The summed E-state index contributed by atoms with van der Waals surface area (Å²) in [7, 11) is 1.64. The Hall–Kier alpha value is -2.29. The van der Waals surface area contributed by atoms with Crippen molar-refractivity contribution in [2.45, 2.75) is 6.54 Å². The monoisotopic (exact) mass is 464 g/mol. The lowest BCUT2D eigenvalue weighted by Gasteiger charge is -2.19. The molecule has 0 bridgehead atoms. The largest absolute Gasteiger partial charge is 0.497 e. The molecule has 0 spiro atoms. The van der Waals surface area contributed by atoms with E-state index < -0.39 is 0 Å². The maximum absolute atomic E-state index is 9.54. The minimum absolute atomic E-state index is 0. The van der Waals surface area contributed by atoms with Crippen LogP contribution >= 0.6 is 28.3 Å². The predicted octanol–water partition coefficient (Wildman–Crippen LogP) is 3.80. The second-order valence-corrected chi connectivity index (χ2v) is 6.78. The van der Waals surface area contributed by atoms with Crippen molar-refractivity contribution < 1.29 is 19.3 Å². The van der Waals surface area contributed by atoms with Gasteiger partial charge in [0.05, 0.1) is 25.1 Å². The van der Waals surface area contributed by atoms with Crippen LogP contribution in [-0.2, 0) is 6.54 Å². The lowest BCUT2D eigenvalue weighted by atomic mass is 10.1. The van der Waals surface area contributed by atoms with Crippen molar-refractivity contribution in [2.24, 2.45) is 4.99 Å². The van der Waals surface area contributed by atoms with Gasteiger partial charge in [0.1, 0.15) is 19.0 Å². The van der Waals surface area contributed by atoms with E-state index in [9.17, 15) is 5.11 Å². The molecule has 0 saturated heterocycles. The van der Waals surface area contributed by atoms with Gasteiger partial charge in [0.25, 0.3) is 0 Å². The molecule has 2 heterocycles. The van der Waals surface area contributed by atoms with Gasteiger partial charge in [-0.2, -0.15) is 0 Å². The molecule has 8 heteroatoms. The Morgan fingerprint density at radius 2 is 1.86 bits per heavy atom. The van der Waals surface area contributed by atoms with Gasteiger partial charge in [-0.1, -0.05) is 0 Å². The Balaban J connectivity index is 0.00000225. The summed E-state index contributed by atoms with van der Waals surface area (Å²) < 4.78 is 18.5. The van der Waals surface area contributed by atoms with E-state index in [0.29, 0.717) is 19.8 Å². The van der Waals surface area contributed by atoms with E-state index in [-0.39, 0.29) is 23.6 Å². The predicted molar refractivity (Wildman–Crippen MR) is 114 cm³/mol. The van der Waals surface area contributed by atoms with Gasteiger partial charge in [0, 0.05) is 17.5 Å². The molecule has 1 N–H and O–H groups in total. The Labute approximate surface area is 177 Å². The summed E-state index contributed by atoms with van der Waals surface area (Å²) >= 11 is 1.54. The van der Waals surface area contributed by atoms with Crippen molar-refractivity contribution in [3.05, 3.63) is 52.6 Å². The maximum Gasteiger partial charge on any atom is 0.190 e. The fraction of sp³-hybridized carbons (Fsp3) is 0.250. The van der Waals surface area contributed by atoms with Crippen LogP contribution in [-0.4, -0.2) is 36.6 Å². The third-order valence-corrected chi connectivity index (χ3v) is 5.12. The van der Waals surface area contributed by atoms with Gasteiger partial charge in [0.2, 0.25) is 0 Å². The molecule has 4 rings (SSSR count). The molecule has 1 aromatic heterocycles. The zero-order valence-electron chi connectivity index (χ0n) is 15.3. The van der Waals surface area contributed by atoms with Gasteiger partial charge in [0.15, 0.2) is 16.3 Å². The lowest BCUT2D eigenvalue weighted by Crippen LogP contribution is -2.18. The van der Waals surface area contributed by atoms with Gasteiger partial charge < -0.3 is 23.9 Å². The van der Waals surface area contributed by atoms with Gasteiger partial charge in [-0.05, 0) is 42.5 Å². The van der Waals surface area contributed by atoms with Gasteiger partial charge in [-0.3, -0.25) is 0 Å². The number of halogens is 1. The van der Waals surface area contributed by atoms with Crippen LogP contribution in [0.5, 0.6) is 17.2 Å². The minimum atomic E-state index is 0. The van der Waals surface area contributed by atoms with Crippen molar-refractivity contribution in [1.82, 2.24) is 4.57 Å². The first-order chi connectivity index (χ1) is 13.3. The summed E-state index contributed by atoms with van der Waals surface area (Å²) in [5, 5.41) is 11.6. The van der Waals surface area contributed by atoms with Crippen LogP contribution in [0.25, 0.3) is 11.3 Å². The van der Waals surface area contributed by atoms with E-state index in [1.165, 1.54) is 11.3 Å². The van der Waals surface area contributed by atoms with Crippen LogP contribution in [0.1, 0.15) is 0 Å². The molecule has 3 aromatic rings. The van der Waals surface area contributed by atoms with E-state index in [2.05, 4.69) is 0 Å². The zero-order chi connectivity index (χ0) is 18.6. The van der Waals surface area contributed by atoms with Gasteiger partial charge in [-0.25, -0.2) is 4.99 Å². The van der Waals surface area contributed by atoms with E-state index >= 15 is 0 Å². The number of aliphatic hydroxyl groups is 1. The SMILES string of the molecule is Br.COc1ccc(N=c2scc(-c3ccc4c(c3)OCCO4)n2CCO)cc1. The molecule has 0 amide bonds. The molecule has 1 aliphatic heterocycles. The number of fused-ring (bicyclic) bond motifs is 1. The van der Waals surface area contributed by atoms with Crippen molar-refractivity contribution in [3.8, 4) is 28.5 Å². The van der Waals surface area contributed by atoms with Crippen LogP contribution in [0.15, 0.2) is 52.8 Å². The summed E-state index contributed by atoms with van der Waals surface area (Å²) in [6, 6.07) is 13.5. The van der Waals surface area contributed by atoms with Crippen LogP contribution in [0, 0.1) is 0 Å². The van der Waals surface area contributed by atoms with Crippen LogP contribution < -0.4 is 19.0 Å². The number of aromatic nitrogens is 1. The average molecular weight is 465 g/mol. The number of hydrogen-bond donors (Lipinski definition) is 1. The smallest absolute Gasteiger partial charge is 0.190 e. The molecule has 0 aliphatic carbocycles. The summed E-state index contributed by atoms with van der Waals surface area (Å²) in [4.78, 5) is 5.55. The molecule has 0 radical (unpaired) electrons. The van der Waals surface area contributed by atoms with Crippen molar-refractivity contribution in [1.29, 1.82) is 0 Å². The molecule has 0 unspecified atom stereocenters. The van der Waals surface area contributed by atoms with Crippen molar-refractivity contribution in [2.75, 3.05) is 26.9 Å². The highest BCUT2D eigenvalue weighted by molar-refractivity contribution is 8.93. The third-order valence-electron chi connectivity index (χ3n) is 4.26. The molecule has 2 aromatic carbocycles. The van der Waals surface area contributed by atoms with Crippen LogP contribution in [0.2, 0.25) is 0 Å². The fourth-order valence-electron chi connectivity index (χ4n) is 2.94. The molecule has 0 atom stereocenters. The highest BCUT2D eigenvalue weighted by Crippen LogP contribution is 2.34. The molecular weight excluding hydrogens is 444 g/mol. The Bertz CT molecular complexity index is 998. The fourth-order valence-corrected chi connectivity index (χ4v) is 3.89.